The molecule has 5 nitrogen and oxygen atoms in total. The summed E-state index contributed by atoms with van der Waals surface area (Å²) in [6.45, 7) is 2.45. The summed E-state index contributed by atoms with van der Waals surface area (Å²) >= 11 is 3.55. The van der Waals surface area contributed by atoms with Crippen molar-refractivity contribution in [2.45, 2.75) is 38.3 Å². The van der Waals surface area contributed by atoms with E-state index in [1.165, 1.54) is 6.42 Å². The van der Waals surface area contributed by atoms with Crippen molar-refractivity contribution in [1.29, 1.82) is 0 Å². The molecule has 1 heterocycles. The van der Waals surface area contributed by atoms with Gasteiger partial charge in [0.2, 0.25) is 0 Å². The number of aromatic nitrogens is 2. The van der Waals surface area contributed by atoms with Crippen LogP contribution in [0.25, 0.3) is 11.5 Å². The monoisotopic (exact) mass is 351 g/mol. The average Bonchev–Trinajstić information content (AvgIpc) is 2.89. The van der Waals surface area contributed by atoms with Crippen molar-refractivity contribution >= 4 is 15.9 Å². The molecule has 0 amide bonds. The van der Waals surface area contributed by atoms with Crippen molar-refractivity contribution in [3.63, 3.8) is 0 Å². The van der Waals surface area contributed by atoms with Crippen molar-refractivity contribution in [2.24, 2.45) is 5.73 Å². The zero-order valence-corrected chi connectivity index (χ0v) is 13.5. The SMILES string of the molecule is Cc1cccc(-c2nc(C(N)COC3CCC3)no2)c1Br. The Hall–Kier alpha value is -1.24. The van der Waals surface area contributed by atoms with E-state index in [9.17, 15) is 0 Å². The third-order valence-electron chi connectivity index (χ3n) is 3.76. The topological polar surface area (TPSA) is 74.2 Å². The van der Waals surface area contributed by atoms with Crippen LogP contribution in [0, 0.1) is 6.92 Å². The molecule has 1 aliphatic carbocycles. The van der Waals surface area contributed by atoms with Gasteiger partial charge in [0.05, 0.1) is 24.3 Å². The van der Waals surface area contributed by atoms with Crippen LogP contribution in [0.1, 0.15) is 36.7 Å². The molecule has 3 rings (SSSR count). The van der Waals surface area contributed by atoms with Gasteiger partial charge in [-0.1, -0.05) is 17.3 Å². The van der Waals surface area contributed by atoms with Gasteiger partial charge < -0.3 is 15.0 Å². The summed E-state index contributed by atoms with van der Waals surface area (Å²) in [5.41, 5.74) is 8.05. The van der Waals surface area contributed by atoms with Gasteiger partial charge in [0.1, 0.15) is 0 Å². The molecule has 6 heteroatoms. The lowest BCUT2D eigenvalue weighted by Gasteiger charge is -2.26. The Bertz CT molecular complexity index is 625. The third kappa shape index (κ3) is 3.17. The zero-order valence-electron chi connectivity index (χ0n) is 11.9. The first-order valence-corrected chi connectivity index (χ1v) is 7.90. The lowest BCUT2D eigenvalue weighted by Crippen LogP contribution is -2.27. The number of nitrogens with two attached hydrogens (primary N) is 1. The third-order valence-corrected chi connectivity index (χ3v) is 4.81. The fourth-order valence-electron chi connectivity index (χ4n) is 2.16. The van der Waals surface area contributed by atoms with E-state index < -0.39 is 0 Å². The Morgan fingerprint density at radius 3 is 3.00 bits per heavy atom. The van der Waals surface area contributed by atoms with Gasteiger partial charge >= 0.3 is 0 Å². The molecule has 1 aromatic carbocycles. The molecule has 0 bridgehead atoms. The van der Waals surface area contributed by atoms with Gasteiger partial charge in [-0.15, -0.1) is 0 Å². The highest BCUT2D eigenvalue weighted by Crippen LogP contribution is 2.30. The smallest absolute Gasteiger partial charge is 0.259 e. The molecule has 1 unspecified atom stereocenters. The van der Waals surface area contributed by atoms with E-state index >= 15 is 0 Å². The minimum Gasteiger partial charge on any atom is -0.376 e. The maximum Gasteiger partial charge on any atom is 0.259 e. The first kappa shape index (κ1) is 14.7. The Balaban J connectivity index is 1.71. The maximum absolute atomic E-state index is 6.06. The van der Waals surface area contributed by atoms with Crippen molar-refractivity contribution < 1.29 is 9.26 Å². The number of nitrogens with zero attached hydrogens (tertiary/aromatic N) is 2. The number of rotatable bonds is 5. The fraction of sp³-hybridized carbons (Fsp3) is 0.467. The van der Waals surface area contributed by atoms with E-state index in [0.29, 0.717) is 24.4 Å². The van der Waals surface area contributed by atoms with E-state index in [1.54, 1.807) is 0 Å². The van der Waals surface area contributed by atoms with E-state index in [1.807, 2.05) is 25.1 Å². The van der Waals surface area contributed by atoms with Crippen LogP contribution in [0.3, 0.4) is 0 Å². The summed E-state index contributed by atoms with van der Waals surface area (Å²) in [4.78, 5) is 4.39. The largest absolute Gasteiger partial charge is 0.376 e. The van der Waals surface area contributed by atoms with E-state index in [2.05, 4.69) is 26.1 Å². The van der Waals surface area contributed by atoms with Gasteiger partial charge in [-0.2, -0.15) is 4.98 Å². The van der Waals surface area contributed by atoms with Crippen LogP contribution in [-0.2, 0) is 4.74 Å². The normalized spacial score (nSPS) is 16.7. The van der Waals surface area contributed by atoms with Crippen molar-refractivity contribution in [3.8, 4) is 11.5 Å². The molecule has 0 radical (unpaired) electrons. The Morgan fingerprint density at radius 2 is 2.29 bits per heavy atom. The van der Waals surface area contributed by atoms with Crippen LogP contribution in [0.15, 0.2) is 27.2 Å². The molecule has 21 heavy (non-hydrogen) atoms. The molecule has 1 saturated carbocycles. The predicted molar refractivity (Wildman–Crippen MR) is 82.7 cm³/mol. The van der Waals surface area contributed by atoms with Crippen LogP contribution >= 0.6 is 15.9 Å². The predicted octanol–water partition coefficient (Wildman–Crippen LogP) is 3.38. The van der Waals surface area contributed by atoms with Gasteiger partial charge in [0.15, 0.2) is 5.82 Å². The molecule has 1 atom stereocenters. The Labute approximate surface area is 132 Å². The molecule has 2 aromatic rings. The van der Waals surface area contributed by atoms with Gasteiger partial charge in [-0.3, -0.25) is 0 Å². The number of hydrogen-bond acceptors (Lipinski definition) is 5. The lowest BCUT2D eigenvalue weighted by atomic mass is 9.96. The first-order valence-electron chi connectivity index (χ1n) is 7.11. The zero-order chi connectivity index (χ0) is 14.8. The summed E-state index contributed by atoms with van der Waals surface area (Å²) in [5, 5.41) is 3.97. The van der Waals surface area contributed by atoms with Crippen molar-refractivity contribution in [3.05, 3.63) is 34.1 Å². The molecular weight excluding hydrogens is 334 g/mol. The minimum atomic E-state index is -0.355. The first-order chi connectivity index (χ1) is 10.1. The van der Waals surface area contributed by atoms with Crippen LogP contribution in [-0.4, -0.2) is 22.9 Å². The molecule has 1 aliphatic rings. The highest BCUT2D eigenvalue weighted by molar-refractivity contribution is 9.10. The van der Waals surface area contributed by atoms with Gasteiger partial charge in [-0.25, -0.2) is 0 Å². The number of hydrogen-bond donors (Lipinski definition) is 1. The molecule has 0 spiro atoms. The summed E-state index contributed by atoms with van der Waals surface area (Å²) in [6, 6.07) is 5.55. The summed E-state index contributed by atoms with van der Waals surface area (Å²) in [5.74, 6) is 0.956. The molecule has 0 saturated heterocycles. The second-order valence-electron chi connectivity index (χ2n) is 5.39. The van der Waals surface area contributed by atoms with E-state index in [4.69, 9.17) is 15.0 Å². The molecular formula is C15H18BrN3O2. The standard InChI is InChI=1S/C15H18BrN3O2/c1-9-4-2-7-11(13(9)16)15-18-14(19-21-15)12(17)8-20-10-5-3-6-10/h2,4,7,10,12H,3,5-6,8,17H2,1H3. The number of aryl methyl sites for hydroxylation is 1. The minimum absolute atomic E-state index is 0.355. The molecule has 2 N–H and O–H groups in total. The lowest BCUT2D eigenvalue weighted by molar-refractivity contribution is -0.00549. The summed E-state index contributed by atoms with van der Waals surface area (Å²) in [7, 11) is 0. The number of halogens is 1. The second-order valence-corrected chi connectivity index (χ2v) is 6.18. The van der Waals surface area contributed by atoms with Crippen LogP contribution < -0.4 is 5.73 Å². The quantitative estimate of drug-likeness (QED) is 0.893. The van der Waals surface area contributed by atoms with Crippen molar-refractivity contribution in [1.82, 2.24) is 10.1 Å². The van der Waals surface area contributed by atoms with Gasteiger partial charge in [-0.05, 0) is 53.7 Å². The highest BCUT2D eigenvalue weighted by atomic mass is 79.9. The molecule has 1 aromatic heterocycles. The Kier molecular flexibility index (Phi) is 4.37. The average molecular weight is 352 g/mol. The number of ether oxygens (including phenoxy) is 1. The van der Waals surface area contributed by atoms with E-state index in [0.717, 1.165) is 28.4 Å². The van der Waals surface area contributed by atoms with Crippen LogP contribution in [0.2, 0.25) is 0 Å². The summed E-state index contributed by atoms with van der Waals surface area (Å²) < 4.78 is 12.0. The molecule has 0 aliphatic heterocycles. The number of benzene rings is 1. The maximum atomic E-state index is 6.06. The van der Waals surface area contributed by atoms with Crippen LogP contribution in [0.5, 0.6) is 0 Å². The summed E-state index contributed by atoms with van der Waals surface area (Å²) in [6.07, 6.45) is 3.85. The van der Waals surface area contributed by atoms with Crippen molar-refractivity contribution in [2.75, 3.05) is 6.61 Å². The molecule has 1 fully saturated rings. The van der Waals surface area contributed by atoms with E-state index in [-0.39, 0.29) is 6.04 Å². The highest BCUT2D eigenvalue weighted by Gasteiger charge is 2.22. The second kappa shape index (κ2) is 6.25. The van der Waals surface area contributed by atoms with Crippen LogP contribution in [0.4, 0.5) is 0 Å². The van der Waals surface area contributed by atoms with Gasteiger partial charge in [0.25, 0.3) is 5.89 Å². The fourth-order valence-corrected chi connectivity index (χ4v) is 2.59. The van der Waals surface area contributed by atoms with Gasteiger partial charge in [0, 0.05) is 4.47 Å². The molecule has 112 valence electrons. The Morgan fingerprint density at radius 1 is 1.48 bits per heavy atom.